The zero-order valence-corrected chi connectivity index (χ0v) is 36.4. The number of aromatic nitrogens is 2. The Labute approximate surface area is 380 Å². The number of hydrogen-bond acceptors (Lipinski definition) is 2. The van der Waals surface area contributed by atoms with Gasteiger partial charge in [-0.2, -0.15) is 0 Å². The van der Waals surface area contributed by atoms with Crippen molar-refractivity contribution in [2.75, 3.05) is 4.90 Å². The van der Waals surface area contributed by atoms with Crippen LogP contribution in [0.15, 0.2) is 237 Å². The predicted octanol–water partition coefficient (Wildman–Crippen LogP) is 16.6. The zero-order valence-electron chi connectivity index (χ0n) is 36.4. The van der Waals surface area contributed by atoms with Gasteiger partial charge in [0.2, 0.25) is 0 Å². The lowest BCUT2D eigenvalue weighted by Gasteiger charge is -2.28. The third kappa shape index (κ3) is 6.55. The van der Waals surface area contributed by atoms with E-state index in [1.54, 1.807) is 0 Å². The van der Waals surface area contributed by atoms with E-state index in [2.05, 4.69) is 247 Å². The van der Waals surface area contributed by atoms with Crippen LogP contribution in [0.25, 0.3) is 83.1 Å². The first kappa shape index (κ1) is 38.4. The molecule has 0 spiro atoms. The Morgan fingerprint density at radius 2 is 0.969 bits per heavy atom. The zero-order chi connectivity index (χ0) is 43.5. The van der Waals surface area contributed by atoms with Gasteiger partial charge in [-0.05, 0) is 134 Å². The SMILES string of the molecule is CC1(C)c2ccccc2-c2ccc(N(c3ccc(-c4cccc(-c5ccc6c(c5)c5ccccc5n6-c5ccc(-c6ccccc6)cc5-c5ccccc5)c4)cc3)c3cccnc3)cc21. The van der Waals surface area contributed by atoms with Crippen molar-refractivity contribution in [3.63, 3.8) is 0 Å². The first-order valence-electron chi connectivity index (χ1n) is 22.4. The second kappa shape index (κ2) is 15.5. The molecule has 65 heavy (non-hydrogen) atoms. The molecule has 0 saturated heterocycles. The molecule has 1 aliphatic carbocycles. The molecule has 0 radical (unpaired) electrons. The highest BCUT2D eigenvalue weighted by Gasteiger charge is 2.35. The van der Waals surface area contributed by atoms with Crippen molar-refractivity contribution in [3.8, 4) is 61.3 Å². The fourth-order valence-corrected chi connectivity index (χ4v) is 10.2. The van der Waals surface area contributed by atoms with Crippen molar-refractivity contribution >= 4 is 38.9 Å². The van der Waals surface area contributed by atoms with Crippen LogP contribution in [0.2, 0.25) is 0 Å². The van der Waals surface area contributed by atoms with Crippen LogP contribution in [0.5, 0.6) is 0 Å². The Morgan fingerprint density at radius 3 is 1.77 bits per heavy atom. The minimum atomic E-state index is -0.0972. The van der Waals surface area contributed by atoms with Crippen LogP contribution < -0.4 is 4.90 Å². The Morgan fingerprint density at radius 1 is 0.369 bits per heavy atom. The van der Waals surface area contributed by atoms with Crippen molar-refractivity contribution in [1.82, 2.24) is 9.55 Å². The maximum atomic E-state index is 4.53. The predicted molar refractivity (Wildman–Crippen MR) is 273 cm³/mol. The molecule has 0 atom stereocenters. The topological polar surface area (TPSA) is 21.1 Å². The Balaban J connectivity index is 0.908. The lowest BCUT2D eigenvalue weighted by atomic mass is 9.82. The van der Waals surface area contributed by atoms with Gasteiger partial charge in [0.1, 0.15) is 0 Å². The van der Waals surface area contributed by atoms with Gasteiger partial charge in [-0.1, -0.05) is 166 Å². The average Bonchev–Trinajstić information content (AvgIpc) is 3.82. The maximum Gasteiger partial charge on any atom is 0.0644 e. The van der Waals surface area contributed by atoms with Gasteiger partial charge < -0.3 is 9.47 Å². The molecule has 12 rings (SSSR count). The van der Waals surface area contributed by atoms with E-state index < -0.39 is 0 Å². The summed E-state index contributed by atoms with van der Waals surface area (Å²) < 4.78 is 2.45. The van der Waals surface area contributed by atoms with Gasteiger partial charge in [0, 0.05) is 39.3 Å². The summed E-state index contributed by atoms with van der Waals surface area (Å²) in [6, 6.07) is 81.9. The van der Waals surface area contributed by atoms with Crippen molar-refractivity contribution in [3.05, 3.63) is 248 Å². The van der Waals surface area contributed by atoms with Crippen molar-refractivity contribution in [2.45, 2.75) is 19.3 Å². The molecule has 0 saturated carbocycles. The quantitative estimate of drug-likeness (QED) is 0.152. The molecule has 0 unspecified atom stereocenters. The molecule has 2 aromatic heterocycles. The van der Waals surface area contributed by atoms with E-state index >= 15 is 0 Å². The monoisotopic (exact) mass is 831 g/mol. The van der Waals surface area contributed by atoms with Crippen molar-refractivity contribution in [2.24, 2.45) is 0 Å². The van der Waals surface area contributed by atoms with E-state index in [-0.39, 0.29) is 5.41 Å². The molecule has 1 aliphatic rings. The number of rotatable bonds is 8. The highest BCUT2D eigenvalue weighted by Crippen LogP contribution is 2.51. The van der Waals surface area contributed by atoms with Crippen LogP contribution in [-0.4, -0.2) is 9.55 Å². The van der Waals surface area contributed by atoms with E-state index in [0.717, 1.165) is 28.3 Å². The van der Waals surface area contributed by atoms with E-state index in [4.69, 9.17) is 0 Å². The van der Waals surface area contributed by atoms with E-state index in [1.807, 2.05) is 18.5 Å². The minimum Gasteiger partial charge on any atom is -0.309 e. The molecule has 0 amide bonds. The van der Waals surface area contributed by atoms with Crippen LogP contribution in [0.4, 0.5) is 17.1 Å². The van der Waals surface area contributed by atoms with Gasteiger partial charge in [-0.25, -0.2) is 0 Å². The van der Waals surface area contributed by atoms with Gasteiger partial charge in [0.15, 0.2) is 0 Å². The number of pyridine rings is 1. The van der Waals surface area contributed by atoms with Crippen LogP contribution in [0.3, 0.4) is 0 Å². The smallest absolute Gasteiger partial charge is 0.0644 e. The summed E-state index contributed by atoms with van der Waals surface area (Å²) in [7, 11) is 0. The Kier molecular flexibility index (Phi) is 9.17. The summed E-state index contributed by atoms with van der Waals surface area (Å²) in [5, 5.41) is 2.46. The first-order chi connectivity index (χ1) is 32.0. The van der Waals surface area contributed by atoms with Crippen LogP contribution >= 0.6 is 0 Å². The molecule has 2 heterocycles. The molecule has 308 valence electrons. The summed E-state index contributed by atoms with van der Waals surface area (Å²) >= 11 is 0. The molecule has 0 aliphatic heterocycles. The molecular formula is C62H45N3. The molecule has 3 heteroatoms. The summed E-state index contributed by atoms with van der Waals surface area (Å²) in [5.41, 5.74) is 21.5. The largest absolute Gasteiger partial charge is 0.309 e. The van der Waals surface area contributed by atoms with Gasteiger partial charge in [0.05, 0.1) is 28.6 Å². The number of para-hydroxylation sites is 1. The second-order valence-electron chi connectivity index (χ2n) is 17.6. The normalized spacial score (nSPS) is 12.6. The highest BCUT2D eigenvalue weighted by molar-refractivity contribution is 6.11. The Bertz CT molecular complexity index is 3550. The molecule has 0 bridgehead atoms. The van der Waals surface area contributed by atoms with E-state index in [0.29, 0.717) is 0 Å². The van der Waals surface area contributed by atoms with E-state index in [9.17, 15) is 0 Å². The summed E-state index contributed by atoms with van der Waals surface area (Å²) in [5.74, 6) is 0. The molecule has 0 fully saturated rings. The molecule has 3 nitrogen and oxygen atoms in total. The van der Waals surface area contributed by atoms with Crippen LogP contribution in [0, 0.1) is 0 Å². The molecule has 9 aromatic carbocycles. The third-order valence-corrected chi connectivity index (χ3v) is 13.5. The van der Waals surface area contributed by atoms with Crippen LogP contribution in [0.1, 0.15) is 25.0 Å². The van der Waals surface area contributed by atoms with Crippen molar-refractivity contribution in [1.29, 1.82) is 0 Å². The third-order valence-electron chi connectivity index (χ3n) is 13.5. The number of nitrogens with zero attached hydrogens (tertiary/aromatic N) is 3. The maximum absolute atomic E-state index is 4.53. The first-order valence-corrected chi connectivity index (χ1v) is 22.4. The highest BCUT2D eigenvalue weighted by atomic mass is 15.1. The molecule has 11 aromatic rings. The number of anilines is 3. The standard InChI is InChI=1S/C62H45N3/c1-62(2)57-24-11-9-22-52(57)53-33-32-50(40-58(53)62)64(51-21-14-36-63-41-51)49-30-26-43(27-31-49)45-19-13-20-46(37-45)48-29-35-61-56(39-48)54-23-10-12-25-59(54)65(61)60-34-28-47(42-15-5-3-6-16-42)38-55(60)44-17-7-4-8-18-44/h3-41H,1-2H3. The second-order valence-corrected chi connectivity index (χ2v) is 17.6. The van der Waals surface area contributed by atoms with Gasteiger partial charge in [0.25, 0.3) is 0 Å². The van der Waals surface area contributed by atoms with E-state index in [1.165, 1.54) is 83.0 Å². The number of fused-ring (bicyclic) bond motifs is 6. The fraction of sp³-hybridized carbons (Fsp3) is 0.0484. The van der Waals surface area contributed by atoms with Gasteiger partial charge in [-0.3, -0.25) is 4.98 Å². The molecular weight excluding hydrogens is 787 g/mol. The van der Waals surface area contributed by atoms with Gasteiger partial charge in [-0.15, -0.1) is 0 Å². The lowest BCUT2D eigenvalue weighted by Crippen LogP contribution is -2.16. The van der Waals surface area contributed by atoms with Crippen LogP contribution in [-0.2, 0) is 5.41 Å². The summed E-state index contributed by atoms with van der Waals surface area (Å²) in [6.07, 6.45) is 3.78. The number of benzene rings is 9. The summed E-state index contributed by atoms with van der Waals surface area (Å²) in [4.78, 5) is 6.85. The average molecular weight is 832 g/mol. The summed E-state index contributed by atoms with van der Waals surface area (Å²) in [6.45, 7) is 4.67. The minimum absolute atomic E-state index is 0.0972. The number of hydrogen-bond donors (Lipinski definition) is 0. The fourth-order valence-electron chi connectivity index (χ4n) is 10.2. The Hall–Kier alpha value is -8.27. The van der Waals surface area contributed by atoms with Gasteiger partial charge >= 0.3 is 0 Å². The lowest BCUT2D eigenvalue weighted by molar-refractivity contribution is 0.660. The van der Waals surface area contributed by atoms with Crippen molar-refractivity contribution < 1.29 is 0 Å². The molecule has 0 N–H and O–H groups in total.